The van der Waals surface area contributed by atoms with Gasteiger partial charge in [-0.2, -0.15) is 0 Å². The Morgan fingerprint density at radius 3 is 2.33 bits per heavy atom. The first-order valence-electron chi connectivity index (χ1n) is 2.54. The second-order valence-electron chi connectivity index (χ2n) is 1.94. The maximum absolute atomic E-state index is 3.81. The molecule has 1 aromatic rings. The summed E-state index contributed by atoms with van der Waals surface area (Å²) in [5.74, 6) is 1.02. The molecule has 0 atom stereocenters. The molecule has 0 radical (unpaired) electrons. The van der Waals surface area contributed by atoms with E-state index in [0.29, 0.717) is 0 Å². The predicted octanol–water partition coefficient (Wildman–Crippen LogP) is -2.96. The summed E-state index contributed by atoms with van der Waals surface area (Å²) >= 11 is 0. The number of imidazole rings is 1. The minimum atomic E-state index is 0. The Hall–Kier alpha value is 0.0800. The molecular weight excluding hydrogens is 123 g/mol. The van der Waals surface area contributed by atoms with Gasteiger partial charge in [0.1, 0.15) is 18.2 Å². The summed E-state index contributed by atoms with van der Waals surface area (Å²) in [7, 11) is 3.95. The molecule has 0 fully saturated rings. The molecule has 0 aliphatic carbocycles. The average Bonchev–Trinajstić information content (AvgIpc) is 1.98. The van der Waals surface area contributed by atoms with Crippen molar-refractivity contribution in [2.45, 2.75) is 0 Å². The molecule has 0 amide bonds. The first-order chi connectivity index (χ1) is 3.72. The fraction of sp³-hybridized carbons (Fsp3) is 0.333. The van der Waals surface area contributed by atoms with Crippen LogP contribution in [0.25, 0.3) is 0 Å². The van der Waals surface area contributed by atoms with Gasteiger partial charge >= 0.3 is 29.6 Å². The molecule has 0 aliphatic rings. The minimum absolute atomic E-state index is 0. The first-order valence-corrected chi connectivity index (χ1v) is 2.54. The van der Waals surface area contributed by atoms with Crippen molar-refractivity contribution < 1.29 is 34.1 Å². The molecule has 0 bridgehead atoms. The normalized spacial score (nSPS) is 8.67. The third-order valence-electron chi connectivity index (χ3n) is 1.33. The van der Waals surface area contributed by atoms with Crippen LogP contribution in [0.3, 0.4) is 0 Å². The van der Waals surface area contributed by atoms with E-state index in [9.17, 15) is 0 Å². The van der Waals surface area contributed by atoms with Gasteiger partial charge in [-0.1, -0.05) is 0 Å². The maximum Gasteiger partial charge on any atom is 1.00 e. The molecule has 1 heterocycles. The number of hydrogen-bond acceptors (Lipinski definition) is 0. The van der Waals surface area contributed by atoms with Gasteiger partial charge in [-0.05, 0) is 0 Å². The smallest absolute Gasteiger partial charge is 0.294 e. The average molecular weight is 133 g/mol. The second-order valence-corrected chi connectivity index (χ2v) is 1.94. The summed E-state index contributed by atoms with van der Waals surface area (Å²) in [6.45, 7) is 3.81. The van der Waals surface area contributed by atoms with E-state index in [2.05, 4.69) is 6.92 Å². The van der Waals surface area contributed by atoms with Gasteiger partial charge in [0.05, 0.1) is 14.1 Å². The second kappa shape index (κ2) is 3.30. The van der Waals surface area contributed by atoms with E-state index >= 15 is 0 Å². The van der Waals surface area contributed by atoms with E-state index in [-0.39, 0.29) is 29.6 Å². The van der Waals surface area contributed by atoms with Crippen LogP contribution in [0.15, 0.2) is 12.4 Å². The fourth-order valence-corrected chi connectivity index (χ4v) is 0.621. The standard InChI is InChI=1S/C6H10N2.Na/c1-6-7(2)4-5-8(6)3;/h4-5H,1H2,2-3H3;/q;+1. The van der Waals surface area contributed by atoms with Crippen molar-refractivity contribution in [2.75, 3.05) is 0 Å². The number of rotatable bonds is 0. The zero-order chi connectivity index (χ0) is 6.15. The van der Waals surface area contributed by atoms with Crippen LogP contribution in [0.1, 0.15) is 5.82 Å². The molecule has 0 saturated heterocycles. The Balaban J connectivity index is 0.000000640. The summed E-state index contributed by atoms with van der Waals surface area (Å²) in [4.78, 5) is 0. The van der Waals surface area contributed by atoms with Crippen molar-refractivity contribution in [2.24, 2.45) is 14.1 Å². The van der Waals surface area contributed by atoms with Gasteiger partial charge in [0.2, 0.25) is 0 Å². The van der Waals surface area contributed by atoms with Crippen LogP contribution in [0.2, 0.25) is 0 Å². The van der Waals surface area contributed by atoms with Gasteiger partial charge in [0.15, 0.2) is 0 Å². The Kier molecular flexibility index (Phi) is 3.33. The molecule has 2 nitrogen and oxygen atoms in total. The van der Waals surface area contributed by atoms with E-state index in [1.54, 1.807) is 0 Å². The Morgan fingerprint density at radius 2 is 2.22 bits per heavy atom. The molecule has 9 heavy (non-hydrogen) atoms. The molecule has 3 heteroatoms. The topological polar surface area (TPSA) is 8.81 Å². The molecular formula is C6H10N2Na+. The summed E-state index contributed by atoms with van der Waals surface area (Å²) in [5.41, 5.74) is 0. The van der Waals surface area contributed by atoms with E-state index in [4.69, 9.17) is 0 Å². The fourth-order valence-electron chi connectivity index (χ4n) is 0.621. The summed E-state index contributed by atoms with van der Waals surface area (Å²) in [6, 6.07) is 0. The number of aromatic nitrogens is 2. The maximum atomic E-state index is 3.81. The van der Waals surface area contributed by atoms with Gasteiger partial charge in [0.25, 0.3) is 0 Å². The van der Waals surface area contributed by atoms with Crippen molar-refractivity contribution in [1.29, 1.82) is 0 Å². The third-order valence-corrected chi connectivity index (χ3v) is 1.33. The van der Waals surface area contributed by atoms with Gasteiger partial charge in [-0.25, -0.2) is 0 Å². The largest absolute Gasteiger partial charge is 1.00 e. The molecule has 0 aromatic carbocycles. The Bertz CT molecular complexity index is 173. The quantitative estimate of drug-likeness (QED) is 0.203. The molecule has 1 rings (SSSR count). The van der Waals surface area contributed by atoms with Crippen molar-refractivity contribution in [3.05, 3.63) is 25.1 Å². The zero-order valence-electron chi connectivity index (χ0n) is 6.26. The summed E-state index contributed by atoms with van der Waals surface area (Å²) < 4.78 is 3.94. The van der Waals surface area contributed by atoms with E-state index < -0.39 is 0 Å². The van der Waals surface area contributed by atoms with Gasteiger partial charge in [-0.3, -0.25) is 16.1 Å². The molecule has 1 aromatic heterocycles. The summed E-state index contributed by atoms with van der Waals surface area (Å²) in [6.07, 6.45) is 3.95. The monoisotopic (exact) mass is 133 g/mol. The van der Waals surface area contributed by atoms with Gasteiger partial charge in [-0.15, -0.1) is 0 Å². The molecule has 0 N–H and O–H groups in total. The Morgan fingerprint density at radius 1 is 1.67 bits per heavy atom. The van der Waals surface area contributed by atoms with Crippen molar-refractivity contribution in [3.8, 4) is 0 Å². The van der Waals surface area contributed by atoms with Crippen LogP contribution in [-0.4, -0.2) is 4.57 Å². The minimum Gasteiger partial charge on any atom is -0.294 e. The third kappa shape index (κ3) is 1.75. The van der Waals surface area contributed by atoms with Crippen LogP contribution < -0.4 is 34.1 Å². The number of hydrogen-bond donors (Lipinski definition) is 0. The van der Waals surface area contributed by atoms with Crippen LogP contribution in [0.4, 0.5) is 0 Å². The molecule has 0 saturated carbocycles. The van der Waals surface area contributed by atoms with Gasteiger partial charge in [0, 0.05) is 0 Å². The molecule has 0 spiro atoms. The van der Waals surface area contributed by atoms with Crippen molar-refractivity contribution >= 4 is 0 Å². The van der Waals surface area contributed by atoms with E-state index in [1.165, 1.54) is 0 Å². The Labute approximate surface area is 77.8 Å². The van der Waals surface area contributed by atoms with Crippen LogP contribution in [0, 0.1) is 6.92 Å². The van der Waals surface area contributed by atoms with Crippen LogP contribution >= 0.6 is 0 Å². The zero-order valence-corrected chi connectivity index (χ0v) is 8.26. The predicted molar refractivity (Wildman–Crippen MR) is 31.0 cm³/mol. The summed E-state index contributed by atoms with van der Waals surface area (Å²) in [5, 5.41) is 0. The van der Waals surface area contributed by atoms with Crippen LogP contribution in [0.5, 0.6) is 0 Å². The molecule has 44 valence electrons. The van der Waals surface area contributed by atoms with Crippen molar-refractivity contribution in [1.82, 2.24) is 4.57 Å². The molecule has 0 aliphatic heterocycles. The van der Waals surface area contributed by atoms with E-state index in [1.807, 2.05) is 35.6 Å². The SMILES string of the molecule is [CH2-]c1n(C)cc[n+]1C.[Na+]. The first kappa shape index (κ1) is 9.08. The van der Waals surface area contributed by atoms with Gasteiger partial charge < -0.3 is 0 Å². The van der Waals surface area contributed by atoms with Crippen LogP contribution in [-0.2, 0) is 14.1 Å². The van der Waals surface area contributed by atoms with Crippen molar-refractivity contribution in [3.63, 3.8) is 0 Å². The number of nitrogens with zero attached hydrogens (tertiary/aromatic N) is 2. The number of aryl methyl sites for hydroxylation is 2. The van der Waals surface area contributed by atoms with E-state index in [0.717, 1.165) is 5.82 Å². The molecule has 0 unspecified atom stereocenters.